The Morgan fingerprint density at radius 2 is 1.33 bits per heavy atom. The molecule has 0 radical (unpaired) electrons. The first kappa shape index (κ1) is 12.8. The molecule has 0 aromatic heterocycles. The van der Waals surface area contributed by atoms with Gasteiger partial charge in [0.2, 0.25) is 0 Å². The van der Waals surface area contributed by atoms with E-state index in [0.29, 0.717) is 12.0 Å². The standard InChI is InChI=1S/C17H21N/c1-13(15-9-5-4-6-10-15)16-11-7-8-12-17(16)14(2)18-3/h4-14,18H,1-3H3/t13-,14-/m1/s1. The molecular weight excluding hydrogens is 218 g/mol. The fraction of sp³-hybridized carbons (Fsp3) is 0.294. The maximum Gasteiger partial charge on any atom is 0.0291 e. The molecule has 0 bridgehead atoms. The van der Waals surface area contributed by atoms with Crippen LogP contribution in [0.5, 0.6) is 0 Å². The van der Waals surface area contributed by atoms with Crippen molar-refractivity contribution in [1.29, 1.82) is 0 Å². The molecular formula is C17H21N. The average molecular weight is 239 g/mol. The zero-order chi connectivity index (χ0) is 13.0. The highest BCUT2D eigenvalue weighted by molar-refractivity contribution is 5.38. The summed E-state index contributed by atoms with van der Waals surface area (Å²) in [5.41, 5.74) is 4.16. The summed E-state index contributed by atoms with van der Waals surface area (Å²) in [4.78, 5) is 0. The smallest absolute Gasteiger partial charge is 0.0291 e. The fourth-order valence-corrected chi connectivity index (χ4v) is 2.38. The molecule has 0 unspecified atom stereocenters. The number of rotatable bonds is 4. The largest absolute Gasteiger partial charge is 0.313 e. The zero-order valence-electron chi connectivity index (χ0n) is 11.4. The van der Waals surface area contributed by atoms with Gasteiger partial charge in [0, 0.05) is 12.0 Å². The van der Waals surface area contributed by atoms with E-state index in [4.69, 9.17) is 0 Å². The molecule has 1 N–H and O–H groups in total. The molecule has 0 fully saturated rings. The molecule has 0 aliphatic carbocycles. The van der Waals surface area contributed by atoms with Crippen molar-refractivity contribution >= 4 is 0 Å². The molecule has 2 atom stereocenters. The minimum absolute atomic E-state index is 0.382. The van der Waals surface area contributed by atoms with Crippen LogP contribution in [0.2, 0.25) is 0 Å². The lowest BCUT2D eigenvalue weighted by molar-refractivity contribution is 0.641. The summed E-state index contributed by atoms with van der Waals surface area (Å²) in [7, 11) is 2.01. The lowest BCUT2D eigenvalue weighted by Crippen LogP contribution is -2.15. The van der Waals surface area contributed by atoms with Crippen molar-refractivity contribution in [2.75, 3.05) is 7.05 Å². The van der Waals surface area contributed by atoms with Crippen molar-refractivity contribution in [3.05, 3.63) is 71.3 Å². The second-order valence-corrected chi connectivity index (χ2v) is 4.77. The summed E-state index contributed by atoms with van der Waals surface area (Å²) in [6, 6.07) is 19.8. The van der Waals surface area contributed by atoms with Crippen LogP contribution in [0, 0.1) is 0 Å². The number of benzene rings is 2. The fourth-order valence-electron chi connectivity index (χ4n) is 2.38. The van der Waals surface area contributed by atoms with Crippen LogP contribution in [-0.2, 0) is 0 Å². The molecule has 0 amide bonds. The van der Waals surface area contributed by atoms with Gasteiger partial charge in [0.05, 0.1) is 0 Å². The monoisotopic (exact) mass is 239 g/mol. The zero-order valence-corrected chi connectivity index (χ0v) is 11.4. The molecule has 1 nitrogen and oxygen atoms in total. The molecule has 0 spiro atoms. The summed E-state index contributed by atoms with van der Waals surface area (Å²) in [5, 5.41) is 3.33. The Morgan fingerprint density at radius 1 is 0.778 bits per heavy atom. The van der Waals surface area contributed by atoms with Gasteiger partial charge in [-0.1, -0.05) is 61.5 Å². The van der Waals surface area contributed by atoms with Gasteiger partial charge in [0.1, 0.15) is 0 Å². The lowest BCUT2D eigenvalue weighted by atomic mass is 9.87. The molecule has 0 saturated carbocycles. The first-order chi connectivity index (χ1) is 8.74. The molecule has 2 rings (SSSR count). The van der Waals surface area contributed by atoms with Crippen LogP contribution in [0.4, 0.5) is 0 Å². The van der Waals surface area contributed by atoms with Crippen LogP contribution < -0.4 is 5.32 Å². The van der Waals surface area contributed by atoms with Gasteiger partial charge in [0.15, 0.2) is 0 Å². The van der Waals surface area contributed by atoms with E-state index >= 15 is 0 Å². The molecule has 0 heterocycles. The van der Waals surface area contributed by atoms with E-state index in [1.165, 1.54) is 16.7 Å². The third-order valence-electron chi connectivity index (χ3n) is 3.66. The van der Waals surface area contributed by atoms with Gasteiger partial charge in [-0.25, -0.2) is 0 Å². The highest BCUT2D eigenvalue weighted by Gasteiger charge is 2.14. The van der Waals surface area contributed by atoms with Crippen LogP contribution in [0.3, 0.4) is 0 Å². The molecule has 1 heteroatoms. The van der Waals surface area contributed by atoms with Crippen molar-refractivity contribution in [3.63, 3.8) is 0 Å². The van der Waals surface area contributed by atoms with Crippen LogP contribution in [0.25, 0.3) is 0 Å². The van der Waals surface area contributed by atoms with Gasteiger partial charge in [-0.2, -0.15) is 0 Å². The van der Waals surface area contributed by atoms with Crippen molar-refractivity contribution in [3.8, 4) is 0 Å². The first-order valence-electron chi connectivity index (χ1n) is 6.55. The summed E-state index contributed by atoms with van der Waals surface area (Å²) >= 11 is 0. The third-order valence-corrected chi connectivity index (χ3v) is 3.66. The lowest BCUT2D eigenvalue weighted by Gasteiger charge is -2.20. The number of nitrogens with one attached hydrogen (secondary N) is 1. The molecule has 0 saturated heterocycles. The van der Waals surface area contributed by atoms with Crippen molar-refractivity contribution < 1.29 is 0 Å². The van der Waals surface area contributed by atoms with Crippen LogP contribution in [0.1, 0.15) is 42.5 Å². The first-order valence-corrected chi connectivity index (χ1v) is 6.55. The van der Waals surface area contributed by atoms with E-state index in [1.807, 2.05) is 7.05 Å². The highest BCUT2D eigenvalue weighted by atomic mass is 14.9. The van der Waals surface area contributed by atoms with E-state index in [2.05, 4.69) is 73.8 Å². The van der Waals surface area contributed by atoms with Crippen molar-refractivity contribution in [1.82, 2.24) is 5.32 Å². The third kappa shape index (κ3) is 2.62. The quantitative estimate of drug-likeness (QED) is 0.846. The highest BCUT2D eigenvalue weighted by Crippen LogP contribution is 2.29. The molecule has 2 aromatic carbocycles. The maximum absolute atomic E-state index is 3.33. The Balaban J connectivity index is 2.39. The minimum atomic E-state index is 0.382. The molecule has 0 aliphatic rings. The minimum Gasteiger partial charge on any atom is -0.313 e. The van der Waals surface area contributed by atoms with E-state index in [9.17, 15) is 0 Å². The van der Waals surface area contributed by atoms with E-state index < -0.39 is 0 Å². The van der Waals surface area contributed by atoms with E-state index in [1.54, 1.807) is 0 Å². The van der Waals surface area contributed by atoms with Gasteiger partial charge in [-0.15, -0.1) is 0 Å². The predicted molar refractivity (Wildman–Crippen MR) is 77.9 cm³/mol. The van der Waals surface area contributed by atoms with Crippen LogP contribution in [0.15, 0.2) is 54.6 Å². The van der Waals surface area contributed by atoms with E-state index in [0.717, 1.165) is 0 Å². The normalized spacial score (nSPS) is 14.2. The van der Waals surface area contributed by atoms with Gasteiger partial charge in [-0.3, -0.25) is 0 Å². The Morgan fingerprint density at radius 3 is 1.94 bits per heavy atom. The Kier molecular flexibility index (Phi) is 4.16. The second kappa shape index (κ2) is 5.83. The summed E-state index contributed by atoms with van der Waals surface area (Å²) < 4.78 is 0. The molecule has 0 aliphatic heterocycles. The summed E-state index contributed by atoms with van der Waals surface area (Å²) in [6.07, 6.45) is 0. The Hall–Kier alpha value is -1.60. The van der Waals surface area contributed by atoms with Gasteiger partial charge < -0.3 is 5.32 Å². The average Bonchev–Trinajstić information content (AvgIpc) is 2.46. The van der Waals surface area contributed by atoms with Gasteiger partial charge >= 0.3 is 0 Å². The molecule has 2 aromatic rings. The second-order valence-electron chi connectivity index (χ2n) is 4.77. The molecule has 94 valence electrons. The van der Waals surface area contributed by atoms with Gasteiger partial charge in [-0.05, 0) is 30.7 Å². The summed E-state index contributed by atoms with van der Waals surface area (Å²) in [5.74, 6) is 0.429. The SMILES string of the molecule is CN[C@H](C)c1ccccc1[C@H](C)c1ccccc1. The Labute approximate surface area is 110 Å². The number of hydrogen-bond donors (Lipinski definition) is 1. The van der Waals surface area contributed by atoms with Crippen LogP contribution in [-0.4, -0.2) is 7.05 Å². The van der Waals surface area contributed by atoms with Crippen molar-refractivity contribution in [2.24, 2.45) is 0 Å². The number of hydrogen-bond acceptors (Lipinski definition) is 1. The maximum atomic E-state index is 3.33. The van der Waals surface area contributed by atoms with E-state index in [-0.39, 0.29) is 0 Å². The predicted octanol–water partition coefficient (Wildman–Crippen LogP) is 4.12. The van der Waals surface area contributed by atoms with Crippen LogP contribution >= 0.6 is 0 Å². The summed E-state index contributed by atoms with van der Waals surface area (Å²) in [6.45, 7) is 4.48. The van der Waals surface area contributed by atoms with Gasteiger partial charge in [0.25, 0.3) is 0 Å². The molecule has 18 heavy (non-hydrogen) atoms. The Bertz CT molecular complexity index is 490. The topological polar surface area (TPSA) is 12.0 Å². The van der Waals surface area contributed by atoms with Crippen molar-refractivity contribution in [2.45, 2.75) is 25.8 Å².